The van der Waals surface area contributed by atoms with E-state index in [1.807, 2.05) is 0 Å². The summed E-state index contributed by atoms with van der Waals surface area (Å²) in [6, 6.07) is 0. The Balaban J connectivity index is 4.08. The van der Waals surface area contributed by atoms with Gasteiger partial charge in [0.15, 0.2) is 6.10 Å². The van der Waals surface area contributed by atoms with Gasteiger partial charge in [-0.05, 0) is 89.9 Å². The Hall–Kier alpha value is -3.15. The molecule has 0 bridgehead atoms. The van der Waals surface area contributed by atoms with Crippen LogP contribution in [0.5, 0.6) is 0 Å². The molecule has 0 spiro atoms. The van der Waals surface area contributed by atoms with Crippen molar-refractivity contribution < 1.29 is 28.6 Å². The van der Waals surface area contributed by atoms with E-state index >= 15 is 0 Å². The number of hydrogen-bond acceptors (Lipinski definition) is 6. The molecule has 1 unspecified atom stereocenters. The Morgan fingerprint density at radius 1 is 0.296 bits per heavy atom. The highest BCUT2D eigenvalue weighted by atomic mass is 16.6. The minimum atomic E-state index is -0.775. The van der Waals surface area contributed by atoms with Gasteiger partial charge in [-0.3, -0.25) is 14.4 Å². The summed E-state index contributed by atoms with van der Waals surface area (Å²) < 4.78 is 16.8. The Bertz CT molecular complexity index is 1320. The van der Waals surface area contributed by atoms with Crippen LogP contribution in [0.15, 0.2) is 72.9 Å². The number of rotatable bonds is 55. The summed E-state index contributed by atoms with van der Waals surface area (Å²) >= 11 is 0. The van der Waals surface area contributed by atoms with Crippen LogP contribution in [0.3, 0.4) is 0 Å². The second-order valence-electron chi connectivity index (χ2n) is 20.2. The Labute approximate surface area is 440 Å². The van der Waals surface area contributed by atoms with Crippen molar-refractivity contribution in [2.75, 3.05) is 13.2 Å². The molecule has 0 amide bonds. The fourth-order valence-electron chi connectivity index (χ4n) is 8.64. The maximum atomic E-state index is 12.8. The van der Waals surface area contributed by atoms with E-state index < -0.39 is 6.10 Å². The third-order valence-electron chi connectivity index (χ3n) is 13.2. The van der Waals surface area contributed by atoms with Crippen molar-refractivity contribution in [1.29, 1.82) is 0 Å². The molecule has 0 aromatic carbocycles. The van der Waals surface area contributed by atoms with E-state index in [9.17, 15) is 14.4 Å². The molecule has 0 rings (SSSR count). The highest BCUT2D eigenvalue weighted by molar-refractivity contribution is 5.71. The van der Waals surface area contributed by atoms with Gasteiger partial charge in [-0.2, -0.15) is 0 Å². The van der Waals surface area contributed by atoms with Gasteiger partial charge in [-0.15, -0.1) is 0 Å². The summed E-state index contributed by atoms with van der Waals surface area (Å²) in [7, 11) is 0. The highest BCUT2D eigenvalue weighted by Gasteiger charge is 2.19. The lowest BCUT2D eigenvalue weighted by molar-refractivity contribution is -0.167. The lowest BCUT2D eigenvalue weighted by Gasteiger charge is -2.18. The molecule has 0 aromatic heterocycles. The number of ether oxygens (including phenoxy) is 3. The normalized spacial score (nSPS) is 12.5. The second-order valence-corrected chi connectivity index (χ2v) is 20.2. The fraction of sp³-hybridized carbons (Fsp3) is 0.769. The van der Waals surface area contributed by atoms with Gasteiger partial charge in [0, 0.05) is 19.3 Å². The molecule has 6 heteroatoms. The first-order valence-corrected chi connectivity index (χ1v) is 30.4. The molecule has 0 saturated heterocycles. The molecule has 0 aliphatic rings. The fourth-order valence-corrected chi connectivity index (χ4v) is 8.64. The van der Waals surface area contributed by atoms with Gasteiger partial charge in [0.25, 0.3) is 0 Å². The molecule has 6 nitrogen and oxygen atoms in total. The van der Waals surface area contributed by atoms with Crippen molar-refractivity contribution in [2.45, 2.75) is 309 Å². The maximum absolute atomic E-state index is 12.8. The number of allylic oxidation sites excluding steroid dienone is 12. The molecule has 71 heavy (non-hydrogen) atoms. The maximum Gasteiger partial charge on any atom is 0.306 e. The second kappa shape index (κ2) is 59.4. The number of carbonyl (C=O) groups is 3. The molecular formula is C65H114O6. The van der Waals surface area contributed by atoms with Gasteiger partial charge in [0.1, 0.15) is 13.2 Å². The average Bonchev–Trinajstić information content (AvgIpc) is 3.37. The van der Waals surface area contributed by atoms with Crippen molar-refractivity contribution in [3.8, 4) is 0 Å². The van der Waals surface area contributed by atoms with Crippen molar-refractivity contribution in [3.63, 3.8) is 0 Å². The molecular weight excluding hydrogens is 877 g/mol. The zero-order valence-corrected chi connectivity index (χ0v) is 47.0. The molecule has 0 aromatic rings. The Kier molecular flexibility index (Phi) is 56.8. The molecule has 410 valence electrons. The van der Waals surface area contributed by atoms with Gasteiger partial charge >= 0.3 is 17.9 Å². The topological polar surface area (TPSA) is 78.9 Å². The zero-order chi connectivity index (χ0) is 51.4. The van der Waals surface area contributed by atoms with E-state index in [0.29, 0.717) is 19.3 Å². The third-order valence-corrected chi connectivity index (χ3v) is 13.2. The van der Waals surface area contributed by atoms with Gasteiger partial charge in [0.05, 0.1) is 0 Å². The van der Waals surface area contributed by atoms with Crippen molar-refractivity contribution >= 4 is 17.9 Å². The van der Waals surface area contributed by atoms with E-state index in [-0.39, 0.29) is 31.1 Å². The summed E-state index contributed by atoms with van der Waals surface area (Å²) in [6.07, 6.45) is 76.4. The van der Waals surface area contributed by atoms with Crippen molar-refractivity contribution in [1.82, 2.24) is 0 Å². The van der Waals surface area contributed by atoms with E-state index in [1.165, 1.54) is 167 Å². The van der Waals surface area contributed by atoms with Crippen LogP contribution in [0.4, 0.5) is 0 Å². The molecule has 0 aliphatic heterocycles. The number of hydrogen-bond donors (Lipinski definition) is 0. The summed E-state index contributed by atoms with van der Waals surface area (Å²) in [4.78, 5) is 38.0. The molecule has 0 radical (unpaired) electrons. The Morgan fingerprint density at radius 3 is 0.887 bits per heavy atom. The van der Waals surface area contributed by atoms with Gasteiger partial charge < -0.3 is 14.2 Å². The van der Waals surface area contributed by atoms with Crippen molar-refractivity contribution in [3.05, 3.63) is 72.9 Å². The van der Waals surface area contributed by atoms with Crippen LogP contribution in [0, 0.1) is 0 Å². The monoisotopic (exact) mass is 991 g/mol. The molecule has 0 fully saturated rings. The number of carbonyl (C=O) groups excluding carboxylic acids is 3. The van der Waals surface area contributed by atoms with Crippen LogP contribution in [-0.4, -0.2) is 37.2 Å². The molecule has 0 N–H and O–H groups in total. The van der Waals surface area contributed by atoms with Crippen molar-refractivity contribution in [2.24, 2.45) is 0 Å². The minimum Gasteiger partial charge on any atom is -0.462 e. The van der Waals surface area contributed by atoms with Gasteiger partial charge in [-0.1, -0.05) is 267 Å². The predicted octanol–water partition coefficient (Wildman–Crippen LogP) is 20.5. The first-order chi connectivity index (χ1) is 35.0. The summed E-state index contributed by atoms with van der Waals surface area (Å²) in [6.45, 7) is 6.48. The van der Waals surface area contributed by atoms with Crippen LogP contribution in [0.2, 0.25) is 0 Å². The molecule has 0 aliphatic carbocycles. The van der Waals surface area contributed by atoms with Gasteiger partial charge in [-0.25, -0.2) is 0 Å². The smallest absolute Gasteiger partial charge is 0.306 e. The molecule has 0 saturated carbocycles. The first kappa shape index (κ1) is 67.8. The minimum absolute atomic E-state index is 0.0754. The largest absolute Gasteiger partial charge is 0.462 e. The third kappa shape index (κ3) is 57.6. The van der Waals surface area contributed by atoms with Crippen LogP contribution in [0.25, 0.3) is 0 Å². The lowest BCUT2D eigenvalue weighted by Crippen LogP contribution is -2.30. The van der Waals surface area contributed by atoms with Crippen LogP contribution in [-0.2, 0) is 28.6 Å². The predicted molar refractivity (Wildman–Crippen MR) is 307 cm³/mol. The lowest BCUT2D eigenvalue weighted by atomic mass is 10.0. The van der Waals surface area contributed by atoms with Crippen LogP contribution in [0.1, 0.15) is 303 Å². The first-order valence-electron chi connectivity index (χ1n) is 30.4. The quantitative estimate of drug-likeness (QED) is 0.0261. The van der Waals surface area contributed by atoms with Crippen LogP contribution >= 0.6 is 0 Å². The highest BCUT2D eigenvalue weighted by Crippen LogP contribution is 2.16. The summed E-state index contributed by atoms with van der Waals surface area (Å²) in [5, 5.41) is 0. The van der Waals surface area contributed by atoms with E-state index in [2.05, 4.69) is 93.7 Å². The SMILES string of the molecule is CC/C=C\C/C=C\C/C=C\C/C=C\CCCCCCCCCCCCCCCCCCC(=O)OCC(COC(=O)CCCCCCCCC)OC(=O)CCCCCCCCC/C=C\C/C=C\CCCCC. The molecule has 0 heterocycles. The number of esters is 3. The summed E-state index contributed by atoms with van der Waals surface area (Å²) in [5.41, 5.74) is 0. The number of unbranched alkanes of at least 4 members (excludes halogenated alkanes) is 32. The van der Waals surface area contributed by atoms with Crippen LogP contribution < -0.4 is 0 Å². The standard InChI is InChI=1S/C65H114O6/c1-4-7-10-13-16-18-20-22-24-26-27-28-29-30-31-32-33-34-35-36-37-39-40-42-44-46-49-52-55-58-64(67)70-61-62(60-69-63(66)57-54-51-48-15-12-9-6-3)71-65(68)59-56-53-50-47-45-43-41-38-25-23-21-19-17-14-11-8-5-2/h7,10,16-19,22-25,27-28,62H,4-6,8-9,11-15,20-21,26,29-61H2,1-3H3/b10-7-,18-16-,19-17-,24-22-,25-23-,28-27-. The Morgan fingerprint density at radius 2 is 0.549 bits per heavy atom. The van der Waals surface area contributed by atoms with E-state index in [1.54, 1.807) is 0 Å². The zero-order valence-electron chi connectivity index (χ0n) is 47.0. The van der Waals surface area contributed by atoms with Gasteiger partial charge in [0.2, 0.25) is 0 Å². The van der Waals surface area contributed by atoms with E-state index in [0.717, 1.165) is 96.3 Å². The average molecular weight is 992 g/mol. The summed E-state index contributed by atoms with van der Waals surface area (Å²) in [5.74, 6) is -0.879. The van der Waals surface area contributed by atoms with E-state index in [4.69, 9.17) is 14.2 Å². The molecule has 1 atom stereocenters.